The van der Waals surface area contributed by atoms with Gasteiger partial charge in [-0.25, -0.2) is 4.79 Å². The number of carbonyl (C=O) groups is 2. The van der Waals surface area contributed by atoms with Crippen LogP contribution >= 0.6 is 11.3 Å². The fraction of sp³-hybridized carbons (Fsp3) is 0.300. The van der Waals surface area contributed by atoms with Gasteiger partial charge in [0.1, 0.15) is 17.7 Å². The highest BCUT2D eigenvalue weighted by molar-refractivity contribution is 7.14. The normalized spacial score (nSPS) is 11.5. The van der Waals surface area contributed by atoms with Gasteiger partial charge in [0.15, 0.2) is 6.10 Å². The number of hydrogen-bond donors (Lipinski definition) is 2. The summed E-state index contributed by atoms with van der Waals surface area (Å²) in [7, 11) is 0. The van der Waals surface area contributed by atoms with Crippen LogP contribution in [0.5, 0.6) is 0 Å². The topological polar surface area (TPSA) is 99.4 Å². The molecule has 1 unspecified atom stereocenters. The van der Waals surface area contributed by atoms with Crippen LogP contribution in [0, 0.1) is 11.3 Å². The van der Waals surface area contributed by atoms with Crippen LogP contribution in [0.4, 0.5) is 5.00 Å². The number of carboxylic acid groups (broad SMARTS) is 1. The third-order valence-electron chi connectivity index (χ3n) is 1.85. The van der Waals surface area contributed by atoms with E-state index in [-0.39, 0.29) is 6.61 Å². The van der Waals surface area contributed by atoms with Gasteiger partial charge in [-0.3, -0.25) is 4.79 Å². The molecule has 0 aliphatic rings. The predicted molar refractivity (Wildman–Crippen MR) is 60.7 cm³/mol. The van der Waals surface area contributed by atoms with Crippen molar-refractivity contribution >= 4 is 28.2 Å². The highest BCUT2D eigenvalue weighted by Gasteiger charge is 2.14. The number of nitriles is 1. The lowest BCUT2D eigenvalue weighted by atomic mass is 10.3. The number of nitrogens with one attached hydrogen (secondary N) is 1. The Balaban J connectivity index is 2.46. The van der Waals surface area contributed by atoms with E-state index in [0.717, 1.165) is 0 Å². The molecule has 0 saturated carbocycles. The number of anilines is 1. The van der Waals surface area contributed by atoms with Gasteiger partial charge in [-0.1, -0.05) is 0 Å². The zero-order valence-corrected chi connectivity index (χ0v) is 9.78. The lowest BCUT2D eigenvalue weighted by molar-refractivity contribution is -0.150. The van der Waals surface area contributed by atoms with Crippen LogP contribution < -0.4 is 5.32 Å². The smallest absolute Gasteiger partial charge is 0.332 e. The van der Waals surface area contributed by atoms with Crippen LogP contribution in [0.2, 0.25) is 0 Å². The van der Waals surface area contributed by atoms with E-state index in [1.165, 1.54) is 18.3 Å². The monoisotopic (exact) mass is 254 g/mol. The molecule has 17 heavy (non-hydrogen) atoms. The average Bonchev–Trinajstić information content (AvgIpc) is 2.72. The van der Waals surface area contributed by atoms with E-state index in [4.69, 9.17) is 15.1 Å². The van der Waals surface area contributed by atoms with Crippen molar-refractivity contribution in [2.75, 3.05) is 11.9 Å². The molecule has 6 nitrogen and oxygen atoms in total. The second kappa shape index (κ2) is 5.98. The van der Waals surface area contributed by atoms with Gasteiger partial charge < -0.3 is 15.2 Å². The first-order valence-electron chi connectivity index (χ1n) is 4.66. The van der Waals surface area contributed by atoms with Gasteiger partial charge in [0, 0.05) is 0 Å². The molecule has 90 valence electrons. The summed E-state index contributed by atoms with van der Waals surface area (Å²) in [4.78, 5) is 21.8. The van der Waals surface area contributed by atoms with E-state index in [2.05, 4.69) is 5.32 Å². The Bertz CT molecular complexity index is 463. The number of nitrogens with zero attached hydrogens (tertiary/aromatic N) is 1. The van der Waals surface area contributed by atoms with Crippen molar-refractivity contribution in [3.63, 3.8) is 0 Å². The standard InChI is InChI=1S/C10H10N2O4S/c1-6(10(14)15)16-5-8(13)12-9-7(4-11)2-3-17-9/h2-3,6H,5H2,1H3,(H,12,13)(H,14,15). The molecule has 1 amide bonds. The molecule has 0 aromatic carbocycles. The number of amides is 1. The van der Waals surface area contributed by atoms with Crippen LogP contribution in [-0.2, 0) is 14.3 Å². The van der Waals surface area contributed by atoms with Gasteiger partial charge in [0.05, 0.1) is 5.56 Å². The number of rotatable bonds is 5. The first-order chi connectivity index (χ1) is 8.04. The summed E-state index contributed by atoms with van der Waals surface area (Å²) in [5, 5.41) is 21.8. The summed E-state index contributed by atoms with van der Waals surface area (Å²) in [6.45, 7) is 0.970. The second-order valence-corrected chi connectivity index (χ2v) is 4.03. The minimum absolute atomic E-state index is 0.365. The maximum atomic E-state index is 11.4. The molecule has 0 aliphatic carbocycles. The Labute approximate surface area is 101 Å². The van der Waals surface area contributed by atoms with Crippen molar-refractivity contribution in [3.8, 4) is 6.07 Å². The number of ether oxygens (including phenoxy) is 1. The molecular formula is C10H10N2O4S. The number of carbonyl (C=O) groups excluding carboxylic acids is 1. The van der Waals surface area contributed by atoms with Gasteiger partial charge in [-0.2, -0.15) is 5.26 Å². The van der Waals surface area contributed by atoms with Crippen LogP contribution in [0.3, 0.4) is 0 Å². The number of thiophene rings is 1. The summed E-state index contributed by atoms with van der Waals surface area (Å²) in [5.74, 6) is -1.62. The van der Waals surface area contributed by atoms with Crippen molar-refractivity contribution in [1.29, 1.82) is 5.26 Å². The molecule has 0 aliphatic heterocycles. The van der Waals surface area contributed by atoms with Gasteiger partial charge in [0.25, 0.3) is 5.91 Å². The van der Waals surface area contributed by atoms with Crippen molar-refractivity contribution in [3.05, 3.63) is 17.0 Å². The maximum absolute atomic E-state index is 11.4. The van der Waals surface area contributed by atoms with E-state index >= 15 is 0 Å². The minimum atomic E-state index is -1.13. The third kappa shape index (κ3) is 3.86. The van der Waals surface area contributed by atoms with Crippen LogP contribution in [0.1, 0.15) is 12.5 Å². The van der Waals surface area contributed by atoms with E-state index in [1.54, 1.807) is 11.4 Å². The quantitative estimate of drug-likeness (QED) is 0.818. The Morgan fingerprint density at radius 2 is 2.41 bits per heavy atom. The van der Waals surface area contributed by atoms with Gasteiger partial charge in [-0.15, -0.1) is 11.3 Å². The molecule has 0 bridgehead atoms. The van der Waals surface area contributed by atoms with Crippen LogP contribution in [0.15, 0.2) is 11.4 Å². The third-order valence-corrected chi connectivity index (χ3v) is 2.68. The summed E-state index contributed by atoms with van der Waals surface area (Å²) in [5.41, 5.74) is 0.370. The van der Waals surface area contributed by atoms with E-state index < -0.39 is 18.0 Å². The van der Waals surface area contributed by atoms with Gasteiger partial charge in [0.2, 0.25) is 0 Å². The van der Waals surface area contributed by atoms with Gasteiger partial charge >= 0.3 is 5.97 Å². The number of carboxylic acids is 1. The lowest BCUT2D eigenvalue weighted by Crippen LogP contribution is -2.26. The SMILES string of the molecule is CC(OCC(=O)Nc1sccc1C#N)C(=O)O. The number of hydrogen-bond acceptors (Lipinski definition) is 5. The second-order valence-electron chi connectivity index (χ2n) is 3.11. The van der Waals surface area contributed by atoms with Gasteiger partial charge in [-0.05, 0) is 18.4 Å². The Morgan fingerprint density at radius 1 is 1.71 bits per heavy atom. The number of aliphatic carboxylic acids is 1. The molecule has 0 radical (unpaired) electrons. The van der Waals surface area contributed by atoms with Crippen molar-refractivity contribution in [2.24, 2.45) is 0 Å². The molecule has 7 heteroatoms. The molecule has 0 fully saturated rings. The lowest BCUT2D eigenvalue weighted by Gasteiger charge is -2.08. The highest BCUT2D eigenvalue weighted by atomic mass is 32.1. The Morgan fingerprint density at radius 3 is 3.00 bits per heavy atom. The molecule has 1 aromatic rings. The summed E-state index contributed by atoms with van der Waals surface area (Å²) in [6, 6.07) is 3.51. The fourth-order valence-corrected chi connectivity index (χ4v) is 1.68. The van der Waals surface area contributed by atoms with E-state index in [1.807, 2.05) is 6.07 Å². The van der Waals surface area contributed by atoms with Crippen molar-refractivity contribution < 1.29 is 19.4 Å². The molecule has 0 saturated heterocycles. The molecule has 1 atom stereocenters. The summed E-state index contributed by atoms with van der Waals surface area (Å²) in [6.07, 6.45) is -1.04. The van der Waals surface area contributed by atoms with Crippen LogP contribution in [-0.4, -0.2) is 29.7 Å². The van der Waals surface area contributed by atoms with E-state index in [0.29, 0.717) is 10.6 Å². The Kier molecular flexibility index (Phi) is 4.63. The molecule has 0 spiro atoms. The maximum Gasteiger partial charge on any atom is 0.332 e. The van der Waals surface area contributed by atoms with Crippen LogP contribution in [0.25, 0.3) is 0 Å². The molecule has 1 rings (SSSR count). The summed E-state index contributed by atoms with van der Waals surface area (Å²) < 4.78 is 4.80. The molecule has 1 heterocycles. The predicted octanol–water partition coefficient (Wildman–Crippen LogP) is 1.05. The highest BCUT2D eigenvalue weighted by Crippen LogP contribution is 2.21. The summed E-state index contributed by atoms with van der Waals surface area (Å²) >= 11 is 1.22. The fourth-order valence-electron chi connectivity index (χ4n) is 0.929. The average molecular weight is 254 g/mol. The van der Waals surface area contributed by atoms with E-state index in [9.17, 15) is 9.59 Å². The zero-order chi connectivity index (χ0) is 12.8. The molecule has 2 N–H and O–H groups in total. The largest absolute Gasteiger partial charge is 0.479 e. The molecular weight excluding hydrogens is 244 g/mol. The van der Waals surface area contributed by atoms with Crippen molar-refractivity contribution in [2.45, 2.75) is 13.0 Å². The Hall–Kier alpha value is -1.91. The zero-order valence-electron chi connectivity index (χ0n) is 8.97. The molecule has 1 aromatic heterocycles. The first kappa shape index (κ1) is 13.2. The first-order valence-corrected chi connectivity index (χ1v) is 5.54. The minimum Gasteiger partial charge on any atom is -0.479 e. The van der Waals surface area contributed by atoms with Crippen molar-refractivity contribution in [1.82, 2.24) is 0 Å².